The van der Waals surface area contributed by atoms with E-state index in [9.17, 15) is 0 Å². The second kappa shape index (κ2) is 14.5. The first-order chi connectivity index (χ1) is 16.8. The van der Waals surface area contributed by atoms with E-state index in [1.54, 1.807) is 0 Å². The maximum atomic E-state index is 5.89. The largest absolute Gasteiger partial charge is 2.00 e. The number of nitrogens with zero attached hydrogens (tertiary/aromatic N) is 5. The number of hydrogen-bond donors (Lipinski definition) is 0. The van der Waals surface area contributed by atoms with Gasteiger partial charge in [0.1, 0.15) is 24.8 Å². The van der Waals surface area contributed by atoms with Crippen molar-refractivity contribution in [1.82, 2.24) is 24.1 Å². The van der Waals surface area contributed by atoms with Crippen molar-refractivity contribution in [2.75, 3.05) is 13.2 Å². The Morgan fingerprint density at radius 3 is 1.46 bits per heavy atom. The van der Waals surface area contributed by atoms with Crippen LogP contribution < -0.4 is 24.8 Å². The molecule has 5 aromatic rings. The Hall–Kier alpha value is -2.45. The van der Waals surface area contributed by atoms with Crippen LogP contribution in [0.4, 0.5) is 0 Å². The molecule has 196 valence electrons. The topological polar surface area (TPSA) is 67.0 Å². The van der Waals surface area contributed by atoms with Crippen molar-refractivity contribution in [3.05, 3.63) is 66.7 Å². The van der Waals surface area contributed by atoms with Gasteiger partial charge in [-0.3, -0.25) is 9.13 Å². The maximum Gasteiger partial charge on any atom is 2.00 e. The van der Waals surface area contributed by atoms with Crippen LogP contribution in [0.5, 0.6) is 0 Å². The van der Waals surface area contributed by atoms with Crippen molar-refractivity contribution in [3.63, 3.8) is 0 Å². The maximum absolute atomic E-state index is 5.89. The number of rotatable bonds is 10. The molecule has 0 atom stereocenters. The molecule has 37 heavy (non-hydrogen) atoms. The van der Waals surface area contributed by atoms with Gasteiger partial charge in [0.2, 0.25) is 0 Å². The fraction of sp³-hybridized carbons (Fsp3) is 0.296. The number of aromatic nitrogens is 5. The van der Waals surface area contributed by atoms with Gasteiger partial charge in [-0.25, -0.2) is 15.0 Å². The Balaban J connectivity index is 0.00000160. The first-order valence-electron chi connectivity index (χ1n) is 11.8. The standard InChI is InChI=1S/C27H29N5O2.2ClH.Fe/c1-3-16-33-18-31-24-14-7-5-10-20(24)29-26(31)22-12-9-13-23(28-22)27-30-21-11-6-8-15-25(21)32(27)19-34-17-4-2;;;/h5-15H,3-4,16-19H2,1-2H3;2*1H;/q;;;+2/p-2. The first-order valence-corrected chi connectivity index (χ1v) is 11.8. The summed E-state index contributed by atoms with van der Waals surface area (Å²) in [6, 6.07) is 22.2. The van der Waals surface area contributed by atoms with E-state index in [4.69, 9.17) is 24.4 Å². The average Bonchev–Trinajstić information content (AvgIpc) is 3.43. The van der Waals surface area contributed by atoms with E-state index in [1.807, 2.05) is 54.6 Å². The smallest absolute Gasteiger partial charge is 1.00 e. The molecule has 10 heteroatoms. The predicted octanol–water partition coefficient (Wildman–Crippen LogP) is -0.111. The van der Waals surface area contributed by atoms with Crippen molar-refractivity contribution < 1.29 is 51.4 Å². The van der Waals surface area contributed by atoms with E-state index in [2.05, 4.69) is 35.1 Å². The fourth-order valence-electron chi connectivity index (χ4n) is 4.09. The Morgan fingerprint density at radius 2 is 1.03 bits per heavy atom. The number of imidazole rings is 2. The third-order valence-electron chi connectivity index (χ3n) is 5.65. The normalized spacial score (nSPS) is 10.6. The van der Waals surface area contributed by atoms with Crippen LogP contribution >= 0.6 is 0 Å². The van der Waals surface area contributed by atoms with Gasteiger partial charge in [-0.2, -0.15) is 0 Å². The van der Waals surface area contributed by atoms with E-state index in [1.165, 1.54) is 0 Å². The summed E-state index contributed by atoms with van der Waals surface area (Å²) < 4.78 is 16.0. The molecule has 0 bridgehead atoms. The number of para-hydroxylation sites is 4. The van der Waals surface area contributed by atoms with Crippen molar-refractivity contribution in [2.45, 2.75) is 40.2 Å². The second-order valence-corrected chi connectivity index (χ2v) is 8.19. The van der Waals surface area contributed by atoms with Gasteiger partial charge < -0.3 is 34.3 Å². The minimum absolute atomic E-state index is 0. The van der Waals surface area contributed by atoms with Gasteiger partial charge in [-0.05, 0) is 49.2 Å². The minimum atomic E-state index is 0. The van der Waals surface area contributed by atoms with Gasteiger partial charge in [-0.1, -0.05) is 44.2 Å². The molecule has 3 heterocycles. The second-order valence-electron chi connectivity index (χ2n) is 8.19. The van der Waals surface area contributed by atoms with Crippen molar-refractivity contribution in [2.24, 2.45) is 0 Å². The summed E-state index contributed by atoms with van der Waals surface area (Å²) in [5, 5.41) is 0. The SMILES string of the molecule is CCCOCn1c(-c2cccc(-c3nc4ccccc4n3COCCC)n2)nc2ccccc21.[Cl-].[Cl-].[Fe+2]. The molecule has 5 rings (SSSR count). The van der Waals surface area contributed by atoms with Crippen LogP contribution in [0, 0.1) is 0 Å². The zero-order valence-corrected chi connectivity index (χ0v) is 23.4. The van der Waals surface area contributed by atoms with Crippen LogP contribution in [-0.2, 0) is 40.0 Å². The number of ether oxygens (including phenoxy) is 2. The molecule has 0 saturated carbocycles. The molecule has 0 unspecified atom stereocenters. The number of benzene rings is 2. The Bertz CT molecular complexity index is 1320. The van der Waals surface area contributed by atoms with Crippen molar-refractivity contribution in [1.29, 1.82) is 0 Å². The molecule has 0 spiro atoms. The van der Waals surface area contributed by atoms with Crippen LogP contribution in [0.1, 0.15) is 26.7 Å². The summed E-state index contributed by atoms with van der Waals surface area (Å²) in [6.07, 6.45) is 1.93. The van der Waals surface area contributed by atoms with Gasteiger partial charge in [0, 0.05) is 13.2 Å². The minimum Gasteiger partial charge on any atom is -1.00 e. The molecule has 2 aromatic carbocycles. The van der Waals surface area contributed by atoms with Crippen LogP contribution in [0.15, 0.2) is 66.7 Å². The first kappa shape index (κ1) is 30.8. The molecule has 3 aromatic heterocycles. The molecule has 0 aliphatic carbocycles. The van der Waals surface area contributed by atoms with Crippen molar-refractivity contribution in [3.8, 4) is 23.0 Å². The van der Waals surface area contributed by atoms with Crippen molar-refractivity contribution >= 4 is 22.1 Å². The predicted molar refractivity (Wildman–Crippen MR) is 134 cm³/mol. The summed E-state index contributed by atoms with van der Waals surface area (Å²) in [5.74, 6) is 1.56. The molecular weight excluding hydrogens is 553 g/mol. The van der Waals surface area contributed by atoms with E-state index in [0.29, 0.717) is 26.7 Å². The van der Waals surface area contributed by atoms with Crippen LogP contribution in [0.2, 0.25) is 0 Å². The molecule has 7 nitrogen and oxygen atoms in total. The zero-order valence-electron chi connectivity index (χ0n) is 20.8. The van der Waals surface area contributed by atoms with Crippen LogP contribution in [0.3, 0.4) is 0 Å². The van der Waals surface area contributed by atoms with Crippen LogP contribution in [-0.4, -0.2) is 37.3 Å². The molecule has 0 aliphatic heterocycles. The molecule has 0 N–H and O–H groups in total. The van der Waals surface area contributed by atoms with Gasteiger partial charge in [-0.15, -0.1) is 0 Å². The summed E-state index contributed by atoms with van der Waals surface area (Å²) in [6.45, 7) is 6.46. The summed E-state index contributed by atoms with van der Waals surface area (Å²) in [7, 11) is 0. The third-order valence-corrected chi connectivity index (χ3v) is 5.65. The molecule has 0 amide bonds. The average molecular weight is 582 g/mol. The monoisotopic (exact) mass is 581 g/mol. The molecule has 0 saturated heterocycles. The summed E-state index contributed by atoms with van der Waals surface area (Å²) in [4.78, 5) is 14.8. The van der Waals surface area contributed by atoms with Crippen LogP contribution in [0.25, 0.3) is 45.1 Å². The van der Waals surface area contributed by atoms with E-state index < -0.39 is 0 Å². The molecule has 0 fully saturated rings. The quantitative estimate of drug-likeness (QED) is 0.170. The fourth-order valence-corrected chi connectivity index (χ4v) is 4.09. The Morgan fingerprint density at radius 1 is 0.595 bits per heavy atom. The summed E-state index contributed by atoms with van der Waals surface area (Å²) >= 11 is 0. The zero-order chi connectivity index (χ0) is 23.3. The van der Waals surface area contributed by atoms with E-state index in [-0.39, 0.29) is 41.9 Å². The van der Waals surface area contributed by atoms with E-state index >= 15 is 0 Å². The van der Waals surface area contributed by atoms with Gasteiger partial charge in [0.15, 0.2) is 11.6 Å². The molecular formula is C27H29Cl2FeN5O2. The number of halogens is 2. The summed E-state index contributed by atoms with van der Waals surface area (Å²) in [5.41, 5.74) is 5.46. The molecule has 0 aliphatic rings. The Labute approximate surface area is 239 Å². The molecule has 0 radical (unpaired) electrons. The van der Waals surface area contributed by atoms with Gasteiger partial charge in [0.05, 0.1) is 22.1 Å². The van der Waals surface area contributed by atoms with E-state index in [0.717, 1.165) is 57.9 Å². The van der Waals surface area contributed by atoms with Gasteiger partial charge >= 0.3 is 17.1 Å². The number of pyridine rings is 1. The number of hydrogen-bond acceptors (Lipinski definition) is 5. The Kier molecular flexibility index (Phi) is 12.0. The van der Waals surface area contributed by atoms with Gasteiger partial charge in [0.25, 0.3) is 0 Å². The number of fused-ring (bicyclic) bond motifs is 2. The third kappa shape index (κ3) is 6.52.